The van der Waals surface area contributed by atoms with E-state index >= 15 is 0 Å². The minimum Gasteiger partial charge on any atom is -0.299 e. The summed E-state index contributed by atoms with van der Waals surface area (Å²) in [5.41, 5.74) is 14.3. The van der Waals surface area contributed by atoms with Gasteiger partial charge in [-0.05, 0) is 95.9 Å². The smallest absolute Gasteiger partial charge is 0.137 e. The van der Waals surface area contributed by atoms with Crippen LogP contribution in [0.4, 0.5) is 0 Å². The van der Waals surface area contributed by atoms with Crippen molar-refractivity contribution in [3.63, 3.8) is 0 Å². The third kappa shape index (κ3) is 4.81. The molecule has 0 amide bonds. The number of imidazole rings is 1. The molecule has 0 radical (unpaired) electrons. The van der Waals surface area contributed by atoms with Gasteiger partial charge in [-0.25, -0.2) is 4.98 Å². The van der Waals surface area contributed by atoms with Crippen LogP contribution >= 0.6 is 0 Å². The minimum absolute atomic E-state index is 0.897. The Kier molecular flexibility index (Phi) is 6.61. The van der Waals surface area contributed by atoms with Crippen LogP contribution in [0.2, 0.25) is 0 Å². The molecule has 0 N–H and O–H groups in total. The standard InChI is InChI=1S/C43H29N5/c1-28-11-7-18-38(46-28)35-25-33(24-34(26-35)37-27-32-16-9-20-44-40(32)42-36(37)17-10-21-45-42)30-14-8-15-31(23-30)41-43(29-12-3-2-4-13-29)48-22-6-5-19-39(48)47-41/h2-27H,1H3. The molecule has 9 aromatic rings. The molecule has 226 valence electrons. The van der Waals surface area contributed by atoms with Gasteiger partial charge in [-0.3, -0.25) is 19.4 Å². The van der Waals surface area contributed by atoms with Crippen LogP contribution in [-0.2, 0) is 0 Å². The van der Waals surface area contributed by atoms with E-state index in [4.69, 9.17) is 15.0 Å². The Morgan fingerprint density at radius 1 is 0.500 bits per heavy atom. The van der Waals surface area contributed by atoms with Crippen molar-refractivity contribution in [3.8, 4) is 56.0 Å². The highest BCUT2D eigenvalue weighted by atomic mass is 15.0. The van der Waals surface area contributed by atoms with Crippen LogP contribution in [0, 0.1) is 6.92 Å². The average Bonchev–Trinajstić information content (AvgIpc) is 3.55. The van der Waals surface area contributed by atoms with E-state index in [9.17, 15) is 0 Å². The van der Waals surface area contributed by atoms with Gasteiger partial charge < -0.3 is 0 Å². The van der Waals surface area contributed by atoms with E-state index in [0.29, 0.717) is 0 Å². The van der Waals surface area contributed by atoms with Crippen molar-refractivity contribution in [2.75, 3.05) is 0 Å². The number of nitrogens with zero attached hydrogens (tertiary/aromatic N) is 5. The fourth-order valence-electron chi connectivity index (χ4n) is 6.73. The number of benzene rings is 4. The van der Waals surface area contributed by atoms with E-state index in [1.165, 1.54) is 0 Å². The van der Waals surface area contributed by atoms with Crippen LogP contribution < -0.4 is 0 Å². The predicted octanol–water partition coefficient (Wildman–Crippen LogP) is 10.5. The Morgan fingerprint density at radius 2 is 1.23 bits per heavy atom. The summed E-state index contributed by atoms with van der Waals surface area (Å²) in [4.78, 5) is 19.5. The average molecular weight is 616 g/mol. The fraction of sp³-hybridized carbons (Fsp3) is 0.0233. The highest BCUT2D eigenvalue weighted by molar-refractivity contribution is 6.10. The molecule has 0 saturated heterocycles. The van der Waals surface area contributed by atoms with Crippen LogP contribution in [0.1, 0.15) is 5.69 Å². The first-order chi connectivity index (χ1) is 23.7. The second-order valence-electron chi connectivity index (χ2n) is 12.0. The summed E-state index contributed by atoms with van der Waals surface area (Å²) in [6.07, 6.45) is 5.76. The molecule has 5 heteroatoms. The monoisotopic (exact) mass is 615 g/mol. The molecule has 5 heterocycles. The van der Waals surface area contributed by atoms with Crippen LogP contribution in [0.5, 0.6) is 0 Å². The van der Waals surface area contributed by atoms with Crippen LogP contribution in [0.15, 0.2) is 158 Å². The van der Waals surface area contributed by atoms with Gasteiger partial charge in [-0.2, -0.15) is 0 Å². The van der Waals surface area contributed by atoms with Crippen LogP contribution in [0.25, 0.3) is 83.5 Å². The first-order valence-corrected chi connectivity index (χ1v) is 16.0. The van der Waals surface area contributed by atoms with E-state index in [1.807, 2.05) is 49.6 Å². The van der Waals surface area contributed by atoms with Crippen molar-refractivity contribution in [1.82, 2.24) is 24.3 Å². The third-order valence-corrected chi connectivity index (χ3v) is 8.94. The van der Waals surface area contributed by atoms with Crippen molar-refractivity contribution in [2.45, 2.75) is 6.92 Å². The second-order valence-corrected chi connectivity index (χ2v) is 12.0. The number of hydrogen-bond donors (Lipinski definition) is 0. The summed E-state index contributed by atoms with van der Waals surface area (Å²) >= 11 is 0. The van der Waals surface area contributed by atoms with Crippen LogP contribution in [0.3, 0.4) is 0 Å². The first kappa shape index (κ1) is 27.8. The van der Waals surface area contributed by atoms with Gasteiger partial charge in [0.1, 0.15) is 5.65 Å². The molecular formula is C43H29N5. The molecule has 9 rings (SSSR count). The van der Waals surface area contributed by atoms with Gasteiger partial charge in [0.05, 0.1) is 28.1 Å². The lowest BCUT2D eigenvalue weighted by Gasteiger charge is -2.14. The lowest BCUT2D eigenvalue weighted by atomic mass is 9.91. The van der Waals surface area contributed by atoms with Gasteiger partial charge in [0, 0.05) is 51.7 Å². The minimum atomic E-state index is 0.897. The lowest BCUT2D eigenvalue weighted by Crippen LogP contribution is -1.92. The molecule has 5 nitrogen and oxygen atoms in total. The van der Waals surface area contributed by atoms with Gasteiger partial charge in [0.15, 0.2) is 0 Å². The molecular weight excluding hydrogens is 587 g/mol. The van der Waals surface area contributed by atoms with Crippen molar-refractivity contribution in [2.24, 2.45) is 0 Å². The van der Waals surface area contributed by atoms with Crippen LogP contribution in [-0.4, -0.2) is 24.3 Å². The molecule has 0 aliphatic rings. The zero-order valence-corrected chi connectivity index (χ0v) is 26.2. The zero-order chi connectivity index (χ0) is 32.0. The topological polar surface area (TPSA) is 56.0 Å². The maximum atomic E-state index is 5.14. The normalized spacial score (nSPS) is 11.4. The number of hydrogen-bond acceptors (Lipinski definition) is 4. The number of rotatable bonds is 5. The number of aromatic nitrogens is 5. The SMILES string of the molecule is Cc1cccc(-c2cc(-c3cccc(-c4nc5ccccn5c4-c4ccccc4)c3)cc(-c3cc4cccnc4c4ncccc34)c2)n1. The molecule has 0 unspecified atom stereocenters. The van der Waals surface area contributed by atoms with Gasteiger partial charge in [-0.15, -0.1) is 0 Å². The third-order valence-electron chi connectivity index (χ3n) is 8.94. The van der Waals surface area contributed by atoms with Crippen molar-refractivity contribution < 1.29 is 0 Å². The summed E-state index contributed by atoms with van der Waals surface area (Å²) in [5, 5.41) is 2.12. The van der Waals surface area contributed by atoms with Gasteiger partial charge in [-0.1, -0.05) is 72.8 Å². The molecule has 0 aliphatic carbocycles. The van der Waals surface area contributed by atoms with Gasteiger partial charge in [0.2, 0.25) is 0 Å². The van der Waals surface area contributed by atoms with Crippen molar-refractivity contribution >= 4 is 27.5 Å². The summed E-state index contributed by atoms with van der Waals surface area (Å²) in [5.74, 6) is 0. The molecule has 0 saturated carbocycles. The summed E-state index contributed by atoms with van der Waals surface area (Å²) in [6, 6.07) is 48.8. The maximum absolute atomic E-state index is 5.14. The summed E-state index contributed by atoms with van der Waals surface area (Å²) in [6.45, 7) is 2.03. The van der Waals surface area contributed by atoms with Crippen molar-refractivity contribution in [1.29, 1.82) is 0 Å². The quantitative estimate of drug-likeness (QED) is 0.181. The maximum Gasteiger partial charge on any atom is 0.137 e. The molecule has 0 spiro atoms. The number of fused-ring (bicyclic) bond motifs is 4. The second kappa shape index (κ2) is 11.4. The Labute approximate surface area is 277 Å². The lowest BCUT2D eigenvalue weighted by molar-refractivity contribution is 1.19. The predicted molar refractivity (Wildman–Crippen MR) is 196 cm³/mol. The summed E-state index contributed by atoms with van der Waals surface area (Å²) in [7, 11) is 0. The number of pyridine rings is 4. The number of aryl methyl sites for hydroxylation is 1. The molecule has 4 aromatic carbocycles. The Hall–Kier alpha value is -6.46. The molecule has 48 heavy (non-hydrogen) atoms. The Morgan fingerprint density at radius 3 is 2.12 bits per heavy atom. The highest BCUT2D eigenvalue weighted by Crippen LogP contribution is 2.39. The zero-order valence-electron chi connectivity index (χ0n) is 26.2. The Bertz CT molecular complexity index is 2640. The van der Waals surface area contributed by atoms with E-state index in [0.717, 1.165) is 89.2 Å². The van der Waals surface area contributed by atoms with E-state index in [2.05, 4.69) is 125 Å². The van der Waals surface area contributed by atoms with E-state index < -0.39 is 0 Å². The molecule has 5 aromatic heterocycles. The van der Waals surface area contributed by atoms with Gasteiger partial charge in [0.25, 0.3) is 0 Å². The summed E-state index contributed by atoms with van der Waals surface area (Å²) < 4.78 is 2.17. The molecule has 0 fully saturated rings. The largest absolute Gasteiger partial charge is 0.299 e. The first-order valence-electron chi connectivity index (χ1n) is 16.0. The fourth-order valence-corrected chi connectivity index (χ4v) is 6.73. The van der Waals surface area contributed by atoms with E-state index in [-0.39, 0.29) is 0 Å². The van der Waals surface area contributed by atoms with E-state index in [1.54, 1.807) is 0 Å². The molecule has 0 bridgehead atoms. The molecule has 0 aliphatic heterocycles. The Balaban J connectivity index is 1.27. The highest BCUT2D eigenvalue weighted by Gasteiger charge is 2.18. The van der Waals surface area contributed by atoms with Gasteiger partial charge >= 0.3 is 0 Å². The molecule has 0 atom stereocenters. The van der Waals surface area contributed by atoms with Crippen molar-refractivity contribution in [3.05, 3.63) is 164 Å².